The predicted octanol–water partition coefficient (Wildman–Crippen LogP) is 3.90. The molecular formula is C14H25ClO2. The zero-order chi connectivity index (χ0) is 12.1. The molecule has 2 unspecified atom stereocenters. The van der Waals surface area contributed by atoms with E-state index in [1.54, 1.807) is 7.11 Å². The van der Waals surface area contributed by atoms with E-state index in [1.165, 1.54) is 44.9 Å². The molecule has 17 heavy (non-hydrogen) atoms. The summed E-state index contributed by atoms with van der Waals surface area (Å²) in [6, 6.07) is 0. The number of ether oxygens (including phenoxy) is 2. The van der Waals surface area contributed by atoms with Crippen molar-refractivity contribution in [2.45, 2.75) is 74.9 Å². The Bertz CT molecular complexity index is 226. The summed E-state index contributed by atoms with van der Waals surface area (Å²) in [4.78, 5) is 0. The standard InChI is InChI=1S/C14H25ClO2/c1-16-11-12(15)5-6-13-7-10-14(17-13)8-3-2-4-9-14/h12-13H,2-11H2,1H3. The van der Waals surface area contributed by atoms with Crippen molar-refractivity contribution in [2.75, 3.05) is 13.7 Å². The minimum absolute atomic E-state index is 0.145. The first-order valence-electron chi connectivity index (χ1n) is 7.05. The topological polar surface area (TPSA) is 18.5 Å². The van der Waals surface area contributed by atoms with Crippen LogP contribution in [0.15, 0.2) is 0 Å². The molecule has 2 nitrogen and oxygen atoms in total. The molecular weight excluding hydrogens is 236 g/mol. The number of rotatable bonds is 5. The molecule has 1 heterocycles. The van der Waals surface area contributed by atoms with Crippen LogP contribution >= 0.6 is 11.6 Å². The van der Waals surface area contributed by atoms with Crippen molar-refractivity contribution >= 4 is 11.6 Å². The highest BCUT2D eigenvalue weighted by Crippen LogP contribution is 2.42. The summed E-state index contributed by atoms with van der Waals surface area (Å²) < 4.78 is 11.4. The van der Waals surface area contributed by atoms with Crippen LogP contribution in [0.25, 0.3) is 0 Å². The zero-order valence-corrected chi connectivity index (χ0v) is 11.7. The van der Waals surface area contributed by atoms with Crippen LogP contribution in [0, 0.1) is 0 Å². The van der Waals surface area contributed by atoms with E-state index in [0.29, 0.717) is 12.7 Å². The van der Waals surface area contributed by atoms with Crippen LogP contribution in [0.4, 0.5) is 0 Å². The van der Waals surface area contributed by atoms with Crippen molar-refractivity contribution in [3.05, 3.63) is 0 Å². The second kappa shape index (κ2) is 6.40. The lowest BCUT2D eigenvalue weighted by Gasteiger charge is -2.33. The quantitative estimate of drug-likeness (QED) is 0.698. The second-order valence-electron chi connectivity index (χ2n) is 5.65. The van der Waals surface area contributed by atoms with Crippen LogP contribution in [0.3, 0.4) is 0 Å². The predicted molar refractivity (Wildman–Crippen MR) is 70.7 cm³/mol. The van der Waals surface area contributed by atoms with Crippen molar-refractivity contribution in [3.8, 4) is 0 Å². The first kappa shape index (κ1) is 13.6. The van der Waals surface area contributed by atoms with Gasteiger partial charge < -0.3 is 9.47 Å². The molecule has 0 N–H and O–H groups in total. The maximum Gasteiger partial charge on any atom is 0.0687 e. The average Bonchev–Trinajstić information content (AvgIpc) is 2.71. The third kappa shape index (κ3) is 3.84. The molecule has 0 amide bonds. The van der Waals surface area contributed by atoms with E-state index in [-0.39, 0.29) is 11.0 Å². The molecule has 100 valence electrons. The Hall–Kier alpha value is 0.210. The van der Waals surface area contributed by atoms with E-state index >= 15 is 0 Å². The van der Waals surface area contributed by atoms with Gasteiger partial charge in [0, 0.05) is 7.11 Å². The van der Waals surface area contributed by atoms with Gasteiger partial charge >= 0.3 is 0 Å². The van der Waals surface area contributed by atoms with Crippen LogP contribution < -0.4 is 0 Å². The van der Waals surface area contributed by atoms with Crippen LogP contribution in [0.1, 0.15) is 57.8 Å². The Morgan fingerprint density at radius 1 is 1.29 bits per heavy atom. The summed E-state index contributed by atoms with van der Waals surface area (Å²) >= 11 is 6.16. The third-order valence-corrected chi connectivity index (χ3v) is 4.60. The smallest absolute Gasteiger partial charge is 0.0687 e. The fourth-order valence-corrected chi connectivity index (χ4v) is 3.55. The lowest BCUT2D eigenvalue weighted by Crippen LogP contribution is -2.31. The Balaban J connectivity index is 1.70. The molecule has 2 fully saturated rings. The molecule has 0 bridgehead atoms. The van der Waals surface area contributed by atoms with E-state index in [4.69, 9.17) is 21.1 Å². The van der Waals surface area contributed by atoms with Gasteiger partial charge in [0.15, 0.2) is 0 Å². The molecule has 1 aliphatic heterocycles. The minimum Gasteiger partial charge on any atom is -0.383 e. The lowest BCUT2D eigenvalue weighted by molar-refractivity contribution is -0.0662. The van der Waals surface area contributed by atoms with Gasteiger partial charge in [0.25, 0.3) is 0 Å². The summed E-state index contributed by atoms with van der Waals surface area (Å²) in [5, 5.41) is 0.145. The Morgan fingerprint density at radius 2 is 2.06 bits per heavy atom. The first-order chi connectivity index (χ1) is 8.24. The first-order valence-corrected chi connectivity index (χ1v) is 7.49. The molecule has 3 heteroatoms. The SMILES string of the molecule is COCC(Cl)CCC1CCC2(CCCCC2)O1. The van der Waals surface area contributed by atoms with Crippen molar-refractivity contribution < 1.29 is 9.47 Å². The molecule has 2 aliphatic rings. The summed E-state index contributed by atoms with van der Waals surface area (Å²) in [7, 11) is 1.71. The third-order valence-electron chi connectivity index (χ3n) is 4.25. The molecule has 0 aromatic carbocycles. The van der Waals surface area contributed by atoms with Gasteiger partial charge in [-0.3, -0.25) is 0 Å². The highest BCUT2D eigenvalue weighted by Gasteiger charge is 2.40. The monoisotopic (exact) mass is 260 g/mol. The number of halogens is 1. The van der Waals surface area contributed by atoms with E-state index in [9.17, 15) is 0 Å². The fourth-order valence-electron chi connectivity index (χ4n) is 3.29. The van der Waals surface area contributed by atoms with Crippen LogP contribution in [-0.2, 0) is 9.47 Å². The van der Waals surface area contributed by atoms with Gasteiger partial charge in [-0.15, -0.1) is 11.6 Å². The van der Waals surface area contributed by atoms with E-state index in [0.717, 1.165) is 12.8 Å². The van der Waals surface area contributed by atoms with E-state index < -0.39 is 0 Å². The normalized spacial score (nSPS) is 29.6. The van der Waals surface area contributed by atoms with Crippen molar-refractivity contribution in [1.29, 1.82) is 0 Å². The Morgan fingerprint density at radius 3 is 2.76 bits per heavy atom. The summed E-state index contributed by atoms with van der Waals surface area (Å²) in [5.41, 5.74) is 0.256. The van der Waals surface area contributed by atoms with Crippen molar-refractivity contribution in [1.82, 2.24) is 0 Å². The molecule has 1 saturated heterocycles. The largest absolute Gasteiger partial charge is 0.383 e. The van der Waals surface area contributed by atoms with Crippen LogP contribution in [0.2, 0.25) is 0 Å². The molecule has 0 aromatic rings. The molecule has 0 radical (unpaired) electrons. The highest BCUT2D eigenvalue weighted by molar-refractivity contribution is 6.20. The molecule has 0 aromatic heterocycles. The molecule has 1 saturated carbocycles. The summed E-state index contributed by atoms with van der Waals surface area (Å²) in [6.07, 6.45) is 11.7. The Kier molecular flexibility index (Phi) is 5.13. The maximum absolute atomic E-state index is 6.32. The van der Waals surface area contributed by atoms with Gasteiger partial charge in [-0.2, -0.15) is 0 Å². The maximum atomic E-state index is 6.32. The Labute approximate surface area is 110 Å². The number of hydrogen-bond acceptors (Lipinski definition) is 2. The second-order valence-corrected chi connectivity index (χ2v) is 6.27. The van der Waals surface area contributed by atoms with Crippen molar-refractivity contribution in [2.24, 2.45) is 0 Å². The van der Waals surface area contributed by atoms with Gasteiger partial charge in [0.1, 0.15) is 0 Å². The number of alkyl halides is 1. The van der Waals surface area contributed by atoms with Gasteiger partial charge in [0.05, 0.1) is 23.7 Å². The molecule has 1 aliphatic carbocycles. The lowest BCUT2D eigenvalue weighted by atomic mass is 9.83. The summed E-state index contributed by atoms with van der Waals surface area (Å²) in [6.45, 7) is 0.652. The van der Waals surface area contributed by atoms with Crippen LogP contribution in [0.5, 0.6) is 0 Å². The molecule has 2 rings (SSSR count). The van der Waals surface area contributed by atoms with Gasteiger partial charge in [-0.1, -0.05) is 19.3 Å². The van der Waals surface area contributed by atoms with Gasteiger partial charge in [-0.05, 0) is 38.5 Å². The number of methoxy groups -OCH3 is 1. The zero-order valence-electron chi connectivity index (χ0n) is 10.9. The van der Waals surface area contributed by atoms with E-state index in [2.05, 4.69) is 0 Å². The fraction of sp³-hybridized carbons (Fsp3) is 1.00. The highest BCUT2D eigenvalue weighted by atomic mass is 35.5. The minimum atomic E-state index is 0.145. The molecule has 1 spiro atoms. The average molecular weight is 261 g/mol. The van der Waals surface area contributed by atoms with E-state index in [1.807, 2.05) is 0 Å². The molecule has 2 atom stereocenters. The van der Waals surface area contributed by atoms with Gasteiger partial charge in [-0.25, -0.2) is 0 Å². The van der Waals surface area contributed by atoms with Crippen molar-refractivity contribution in [3.63, 3.8) is 0 Å². The summed E-state index contributed by atoms with van der Waals surface area (Å²) in [5.74, 6) is 0. The van der Waals surface area contributed by atoms with Gasteiger partial charge in [0.2, 0.25) is 0 Å². The van der Waals surface area contributed by atoms with Crippen LogP contribution in [-0.4, -0.2) is 30.8 Å². The number of hydrogen-bond donors (Lipinski definition) is 0.